The Labute approximate surface area is 91.2 Å². The van der Waals surface area contributed by atoms with Crippen LogP contribution in [0.3, 0.4) is 0 Å². The van der Waals surface area contributed by atoms with E-state index in [1.807, 2.05) is 26.0 Å². The molecule has 0 spiro atoms. The zero-order valence-electron chi connectivity index (χ0n) is 9.62. The van der Waals surface area contributed by atoms with Gasteiger partial charge in [-0.1, -0.05) is 6.92 Å². The molecule has 1 aromatic rings. The maximum Gasteiger partial charge on any atom is 0.125 e. The van der Waals surface area contributed by atoms with Crippen molar-refractivity contribution in [2.24, 2.45) is 0 Å². The van der Waals surface area contributed by atoms with Crippen molar-refractivity contribution < 1.29 is 9.47 Å². The molecule has 2 N–H and O–H groups in total. The summed E-state index contributed by atoms with van der Waals surface area (Å²) in [6.07, 6.45) is 1.13. The molecule has 0 bridgehead atoms. The highest BCUT2D eigenvalue weighted by molar-refractivity contribution is 5.50. The second kappa shape index (κ2) is 5.49. The summed E-state index contributed by atoms with van der Waals surface area (Å²) < 4.78 is 11.1. The topological polar surface area (TPSA) is 44.5 Å². The van der Waals surface area contributed by atoms with Crippen LogP contribution in [-0.4, -0.2) is 12.7 Å². The third-order valence-electron chi connectivity index (χ3n) is 1.75. The van der Waals surface area contributed by atoms with Crippen LogP contribution in [0.25, 0.3) is 0 Å². The third-order valence-corrected chi connectivity index (χ3v) is 1.75. The summed E-state index contributed by atoms with van der Waals surface area (Å²) in [6.45, 7) is 6.73. The molecule has 0 saturated carbocycles. The highest BCUT2D eigenvalue weighted by Gasteiger charge is 2.02. The molecule has 0 unspecified atom stereocenters. The average Bonchev–Trinajstić information content (AvgIpc) is 2.12. The van der Waals surface area contributed by atoms with Crippen LogP contribution in [0.1, 0.15) is 27.2 Å². The Morgan fingerprint density at radius 3 is 2.47 bits per heavy atom. The van der Waals surface area contributed by atoms with Crippen molar-refractivity contribution in [2.45, 2.75) is 33.3 Å². The lowest BCUT2D eigenvalue weighted by Gasteiger charge is -2.12. The van der Waals surface area contributed by atoms with Crippen molar-refractivity contribution in [1.29, 1.82) is 0 Å². The van der Waals surface area contributed by atoms with Crippen molar-refractivity contribution in [3.05, 3.63) is 18.2 Å². The van der Waals surface area contributed by atoms with Crippen LogP contribution < -0.4 is 15.2 Å². The number of nitrogens with two attached hydrogens (primary N) is 1. The zero-order valence-corrected chi connectivity index (χ0v) is 9.62. The summed E-state index contributed by atoms with van der Waals surface area (Å²) in [5.74, 6) is 1.53. The van der Waals surface area contributed by atoms with Gasteiger partial charge in [0.15, 0.2) is 0 Å². The fourth-order valence-corrected chi connectivity index (χ4v) is 1.24. The molecule has 1 aromatic carbocycles. The van der Waals surface area contributed by atoms with E-state index >= 15 is 0 Å². The van der Waals surface area contributed by atoms with Gasteiger partial charge in [0.1, 0.15) is 11.5 Å². The first-order valence-electron chi connectivity index (χ1n) is 5.32. The molecule has 3 heteroatoms. The summed E-state index contributed by atoms with van der Waals surface area (Å²) >= 11 is 0. The van der Waals surface area contributed by atoms with E-state index in [1.54, 1.807) is 6.07 Å². The molecule has 0 heterocycles. The number of ether oxygens (including phenoxy) is 2. The lowest BCUT2D eigenvalue weighted by molar-refractivity contribution is 0.240. The molecule has 0 aliphatic heterocycles. The SMILES string of the molecule is CCCOc1cc(N)cc(OC(C)C)c1. The summed E-state index contributed by atoms with van der Waals surface area (Å²) in [5, 5.41) is 0. The Hall–Kier alpha value is -1.38. The zero-order chi connectivity index (χ0) is 11.3. The quantitative estimate of drug-likeness (QED) is 0.758. The van der Waals surface area contributed by atoms with Gasteiger partial charge in [-0.05, 0) is 20.3 Å². The maximum atomic E-state index is 5.75. The molecular formula is C12H19NO2. The van der Waals surface area contributed by atoms with E-state index in [9.17, 15) is 0 Å². The van der Waals surface area contributed by atoms with E-state index in [0.717, 1.165) is 17.9 Å². The number of benzene rings is 1. The normalized spacial score (nSPS) is 10.4. The van der Waals surface area contributed by atoms with Crippen molar-refractivity contribution >= 4 is 5.69 Å². The Kier molecular flexibility index (Phi) is 4.28. The second-order valence-electron chi connectivity index (χ2n) is 3.75. The standard InChI is InChI=1S/C12H19NO2/c1-4-5-14-11-6-10(13)7-12(8-11)15-9(2)3/h6-9H,4-5,13H2,1-3H3. The summed E-state index contributed by atoms with van der Waals surface area (Å²) in [7, 11) is 0. The predicted octanol–water partition coefficient (Wildman–Crippen LogP) is 2.84. The predicted molar refractivity (Wildman–Crippen MR) is 62.4 cm³/mol. The Morgan fingerprint density at radius 1 is 1.20 bits per heavy atom. The largest absolute Gasteiger partial charge is 0.493 e. The van der Waals surface area contributed by atoms with Crippen LogP contribution in [0.5, 0.6) is 11.5 Å². The van der Waals surface area contributed by atoms with E-state index in [4.69, 9.17) is 15.2 Å². The fourth-order valence-electron chi connectivity index (χ4n) is 1.24. The minimum absolute atomic E-state index is 0.144. The molecule has 0 atom stereocenters. The summed E-state index contributed by atoms with van der Waals surface area (Å²) in [4.78, 5) is 0. The first kappa shape index (κ1) is 11.7. The number of anilines is 1. The van der Waals surface area contributed by atoms with E-state index < -0.39 is 0 Å². The first-order chi connectivity index (χ1) is 7.11. The summed E-state index contributed by atoms with van der Waals surface area (Å²) in [6, 6.07) is 5.48. The van der Waals surface area contributed by atoms with Crippen LogP contribution in [-0.2, 0) is 0 Å². The second-order valence-corrected chi connectivity index (χ2v) is 3.75. The van der Waals surface area contributed by atoms with Gasteiger partial charge in [0, 0.05) is 23.9 Å². The van der Waals surface area contributed by atoms with Gasteiger partial charge in [-0.25, -0.2) is 0 Å². The van der Waals surface area contributed by atoms with Gasteiger partial charge in [-0.3, -0.25) is 0 Å². The van der Waals surface area contributed by atoms with Crippen molar-refractivity contribution in [3.63, 3.8) is 0 Å². The van der Waals surface area contributed by atoms with E-state index in [0.29, 0.717) is 12.3 Å². The van der Waals surface area contributed by atoms with Crippen LogP contribution in [0.15, 0.2) is 18.2 Å². The highest BCUT2D eigenvalue weighted by Crippen LogP contribution is 2.25. The fraction of sp³-hybridized carbons (Fsp3) is 0.500. The first-order valence-corrected chi connectivity index (χ1v) is 5.32. The van der Waals surface area contributed by atoms with Crippen molar-refractivity contribution in [1.82, 2.24) is 0 Å². The van der Waals surface area contributed by atoms with Crippen LogP contribution >= 0.6 is 0 Å². The van der Waals surface area contributed by atoms with Gasteiger partial charge in [-0.2, -0.15) is 0 Å². The smallest absolute Gasteiger partial charge is 0.125 e. The van der Waals surface area contributed by atoms with Gasteiger partial charge < -0.3 is 15.2 Å². The monoisotopic (exact) mass is 209 g/mol. The van der Waals surface area contributed by atoms with E-state index in [2.05, 4.69) is 6.92 Å². The van der Waals surface area contributed by atoms with Crippen molar-refractivity contribution in [2.75, 3.05) is 12.3 Å². The maximum absolute atomic E-state index is 5.75. The van der Waals surface area contributed by atoms with Crippen LogP contribution in [0.2, 0.25) is 0 Å². The number of hydrogen-bond acceptors (Lipinski definition) is 3. The molecule has 1 rings (SSSR count). The van der Waals surface area contributed by atoms with Gasteiger partial charge in [0.25, 0.3) is 0 Å². The van der Waals surface area contributed by atoms with Gasteiger partial charge in [0.2, 0.25) is 0 Å². The van der Waals surface area contributed by atoms with Gasteiger partial charge in [0.05, 0.1) is 12.7 Å². The molecule has 0 radical (unpaired) electrons. The average molecular weight is 209 g/mol. The molecule has 3 nitrogen and oxygen atoms in total. The molecule has 0 aliphatic rings. The van der Waals surface area contributed by atoms with Crippen LogP contribution in [0, 0.1) is 0 Å². The molecule has 0 aromatic heterocycles. The third kappa shape index (κ3) is 4.11. The Morgan fingerprint density at radius 2 is 1.87 bits per heavy atom. The lowest BCUT2D eigenvalue weighted by Crippen LogP contribution is -2.06. The van der Waals surface area contributed by atoms with Gasteiger partial charge >= 0.3 is 0 Å². The Balaban J connectivity index is 2.75. The number of nitrogen functional groups attached to an aromatic ring is 1. The van der Waals surface area contributed by atoms with E-state index in [-0.39, 0.29) is 6.10 Å². The van der Waals surface area contributed by atoms with Crippen molar-refractivity contribution in [3.8, 4) is 11.5 Å². The number of hydrogen-bond donors (Lipinski definition) is 1. The number of rotatable bonds is 5. The molecule has 0 amide bonds. The molecule has 84 valence electrons. The minimum atomic E-state index is 0.144. The molecule has 0 aliphatic carbocycles. The van der Waals surface area contributed by atoms with Crippen LogP contribution in [0.4, 0.5) is 5.69 Å². The summed E-state index contributed by atoms with van der Waals surface area (Å²) in [5.41, 5.74) is 6.41. The molecule has 0 fully saturated rings. The minimum Gasteiger partial charge on any atom is -0.493 e. The molecule has 0 saturated heterocycles. The van der Waals surface area contributed by atoms with Gasteiger partial charge in [-0.15, -0.1) is 0 Å². The molecular weight excluding hydrogens is 190 g/mol. The lowest BCUT2D eigenvalue weighted by atomic mass is 10.3. The Bertz CT molecular complexity index is 310. The molecule has 15 heavy (non-hydrogen) atoms. The highest BCUT2D eigenvalue weighted by atomic mass is 16.5. The van der Waals surface area contributed by atoms with E-state index in [1.165, 1.54) is 0 Å².